The van der Waals surface area contributed by atoms with Crippen molar-refractivity contribution in [3.05, 3.63) is 16.0 Å². The van der Waals surface area contributed by atoms with Gasteiger partial charge >= 0.3 is 11.9 Å². The third kappa shape index (κ3) is 5.29. The first-order valence-electron chi connectivity index (χ1n) is 8.75. The van der Waals surface area contributed by atoms with E-state index in [-0.39, 0.29) is 12.6 Å². The molecule has 0 aliphatic heterocycles. The molecular weight excluding hydrogens is 342 g/mol. The number of unbranched alkanes of at least 4 members (excludes halogenated alkanes) is 1. The van der Waals surface area contributed by atoms with Crippen LogP contribution in [0.15, 0.2) is 0 Å². The van der Waals surface area contributed by atoms with Crippen molar-refractivity contribution in [2.45, 2.75) is 58.3 Å². The number of ether oxygens (including phenoxy) is 2. The summed E-state index contributed by atoms with van der Waals surface area (Å²) in [6, 6.07) is 0. The van der Waals surface area contributed by atoms with E-state index in [1.165, 1.54) is 18.4 Å². The Morgan fingerprint density at radius 1 is 1.16 bits per heavy atom. The molecule has 1 heterocycles. The molecule has 1 aliphatic rings. The Labute approximate surface area is 151 Å². The highest BCUT2D eigenvalue weighted by Gasteiger charge is 2.26. The van der Waals surface area contributed by atoms with Gasteiger partial charge in [0.25, 0.3) is 5.91 Å². The smallest absolute Gasteiger partial charge is 0.341 e. The van der Waals surface area contributed by atoms with Gasteiger partial charge in [0.05, 0.1) is 12.7 Å². The van der Waals surface area contributed by atoms with Crippen molar-refractivity contribution in [3.63, 3.8) is 0 Å². The summed E-state index contributed by atoms with van der Waals surface area (Å²) in [5.41, 5.74) is 1.44. The number of aryl methyl sites for hydroxylation is 1. The van der Waals surface area contributed by atoms with E-state index in [1.807, 2.05) is 6.92 Å². The van der Waals surface area contributed by atoms with E-state index in [0.29, 0.717) is 17.0 Å². The van der Waals surface area contributed by atoms with E-state index in [2.05, 4.69) is 5.32 Å². The summed E-state index contributed by atoms with van der Waals surface area (Å²) in [4.78, 5) is 36.9. The molecule has 0 fully saturated rings. The summed E-state index contributed by atoms with van der Waals surface area (Å²) in [6.45, 7) is 1.64. The molecule has 0 saturated carbocycles. The molecule has 0 aromatic carbocycles. The molecule has 1 N–H and O–H groups in total. The van der Waals surface area contributed by atoms with Gasteiger partial charge in [-0.3, -0.25) is 9.59 Å². The van der Waals surface area contributed by atoms with Gasteiger partial charge < -0.3 is 14.8 Å². The molecule has 6 nitrogen and oxygen atoms in total. The number of hydrogen-bond donors (Lipinski definition) is 1. The van der Waals surface area contributed by atoms with E-state index in [1.54, 1.807) is 0 Å². The number of anilines is 1. The highest BCUT2D eigenvalue weighted by molar-refractivity contribution is 7.17. The predicted molar refractivity (Wildman–Crippen MR) is 96.0 cm³/mol. The van der Waals surface area contributed by atoms with Gasteiger partial charge in [-0.2, -0.15) is 0 Å². The maximum Gasteiger partial charge on any atom is 0.341 e. The quantitative estimate of drug-likeness (QED) is 0.589. The summed E-state index contributed by atoms with van der Waals surface area (Å²) in [5, 5.41) is 3.21. The molecule has 7 heteroatoms. The fourth-order valence-electron chi connectivity index (χ4n) is 2.85. The maximum atomic E-state index is 12.2. The first-order chi connectivity index (χ1) is 12.1. The number of carbonyl (C=O) groups excluding carboxylic acids is 3. The van der Waals surface area contributed by atoms with Crippen LogP contribution in [-0.4, -0.2) is 31.6 Å². The molecule has 0 atom stereocenters. The molecule has 138 valence electrons. The summed E-state index contributed by atoms with van der Waals surface area (Å²) in [5.74, 6) is -1.26. The third-order valence-electron chi connectivity index (χ3n) is 4.16. The molecule has 0 unspecified atom stereocenters. The lowest BCUT2D eigenvalue weighted by molar-refractivity contribution is -0.147. The SMILES string of the molecule is CCCCC(=O)OCC(=O)Nc1sc2c(c1C(=O)OC)CCCCC2. The molecule has 1 amide bonds. The van der Waals surface area contributed by atoms with Crippen LogP contribution in [0.25, 0.3) is 0 Å². The molecule has 1 aromatic rings. The van der Waals surface area contributed by atoms with Crippen molar-refractivity contribution in [1.29, 1.82) is 0 Å². The highest BCUT2D eigenvalue weighted by Crippen LogP contribution is 2.37. The third-order valence-corrected chi connectivity index (χ3v) is 5.37. The Bertz CT molecular complexity index is 638. The van der Waals surface area contributed by atoms with Crippen LogP contribution in [0.2, 0.25) is 0 Å². The predicted octanol–water partition coefficient (Wildman–Crippen LogP) is 3.48. The first kappa shape index (κ1) is 19.4. The molecule has 25 heavy (non-hydrogen) atoms. The van der Waals surface area contributed by atoms with Gasteiger partial charge in [-0.1, -0.05) is 19.8 Å². The Balaban J connectivity index is 2.06. The average molecular weight is 367 g/mol. The summed E-state index contributed by atoms with van der Waals surface area (Å²) >= 11 is 1.42. The minimum atomic E-state index is -0.439. The second kappa shape index (κ2) is 9.56. The summed E-state index contributed by atoms with van der Waals surface area (Å²) in [6.07, 6.45) is 6.91. The van der Waals surface area contributed by atoms with Gasteiger partial charge in [0.2, 0.25) is 0 Å². The zero-order valence-corrected chi connectivity index (χ0v) is 15.6. The number of nitrogens with one attached hydrogen (secondary N) is 1. The minimum Gasteiger partial charge on any atom is -0.465 e. The van der Waals surface area contributed by atoms with Gasteiger partial charge in [-0.05, 0) is 37.7 Å². The normalized spacial score (nSPS) is 13.5. The van der Waals surface area contributed by atoms with Gasteiger partial charge in [0, 0.05) is 11.3 Å². The number of thiophene rings is 1. The van der Waals surface area contributed by atoms with Crippen LogP contribution in [0.1, 0.15) is 66.2 Å². The molecule has 0 saturated heterocycles. The van der Waals surface area contributed by atoms with E-state index in [9.17, 15) is 14.4 Å². The lowest BCUT2D eigenvalue weighted by Crippen LogP contribution is -2.21. The minimum absolute atomic E-state index is 0.310. The number of methoxy groups -OCH3 is 1. The van der Waals surface area contributed by atoms with Crippen molar-refractivity contribution in [2.24, 2.45) is 0 Å². The fourth-order valence-corrected chi connectivity index (χ4v) is 4.14. The van der Waals surface area contributed by atoms with Gasteiger partial charge in [0.1, 0.15) is 5.00 Å². The molecule has 1 aromatic heterocycles. The standard InChI is InChI=1S/C18H25NO5S/c1-3-4-10-15(21)24-11-14(20)19-17-16(18(22)23-2)12-8-6-5-7-9-13(12)25-17/h3-11H2,1-2H3,(H,19,20). The second-order valence-corrected chi connectivity index (χ2v) is 7.18. The summed E-state index contributed by atoms with van der Waals surface area (Å²) in [7, 11) is 1.34. The van der Waals surface area contributed by atoms with Crippen LogP contribution in [0, 0.1) is 0 Å². The number of amides is 1. The van der Waals surface area contributed by atoms with Crippen molar-refractivity contribution < 1.29 is 23.9 Å². The molecule has 0 bridgehead atoms. The number of carbonyl (C=O) groups is 3. The maximum absolute atomic E-state index is 12.2. The van der Waals surface area contributed by atoms with Crippen LogP contribution >= 0.6 is 11.3 Å². The Kier molecular flexibility index (Phi) is 7.43. The van der Waals surface area contributed by atoms with E-state index in [0.717, 1.165) is 55.4 Å². The topological polar surface area (TPSA) is 81.7 Å². The largest absolute Gasteiger partial charge is 0.465 e. The van der Waals surface area contributed by atoms with Crippen LogP contribution in [0.5, 0.6) is 0 Å². The van der Waals surface area contributed by atoms with E-state index >= 15 is 0 Å². The number of hydrogen-bond acceptors (Lipinski definition) is 6. The fraction of sp³-hybridized carbons (Fsp3) is 0.611. The summed E-state index contributed by atoms with van der Waals surface area (Å²) < 4.78 is 9.86. The van der Waals surface area contributed by atoms with Crippen molar-refractivity contribution in [3.8, 4) is 0 Å². The van der Waals surface area contributed by atoms with E-state index in [4.69, 9.17) is 9.47 Å². The number of rotatable bonds is 7. The molecule has 1 aliphatic carbocycles. The highest BCUT2D eigenvalue weighted by atomic mass is 32.1. The van der Waals surface area contributed by atoms with Crippen LogP contribution in [-0.2, 0) is 31.9 Å². The van der Waals surface area contributed by atoms with Crippen molar-refractivity contribution >= 4 is 34.2 Å². The monoisotopic (exact) mass is 367 g/mol. The number of fused-ring (bicyclic) bond motifs is 1. The van der Waals surface area contributed by atoms with Gasteiger partial charge in [-0.15, -0.1) is 11.3 Å². The number of esters is 2. The van der Waals surface area contributed by atoms with Crippen LogP contribution in [0.4, 0.5) is 5.00 Å². The van der Waals surface area contributed by atoms with Crippen LogP contribution < -0.4 is 5.32 Å². The molecule has 0 spiro atoms. The molecule has 0 radical (unpaired) electrons. The zero-order valence-electron chi connectivity index (χ0n) is 14.8. The molecule has 2 rings (SSSR count). The Hall–Kier alpha value is -1.89. The van der Waals surface area contributed by atoms with Crippen molar-refractivity contribution in [1.82, 2.24) is 0 Å². The lowest BCUT2D eigenvalue weighted by atomic mass is 10.1. The first-order valence-corrected chi connectivity index (χ1v) is 9.56. The van der Waals surface area contributed by atoms with E-state index < -0.39 is 11.9 Å². The lowest BCUT2D eigenvalue weighted by Gasteiger charge is -2.08. The zero-order chi connectivity index (χ0) is 18.2. The average Bonchev–Trinajstić information content (AvgIpc) is 2.78. The molecular formula is C18H25NO5S. The second-order valence-electron chi connectivity index (χ2n) is 6.07. The van der Waals surface area contributed by atoms with Gasteiger partial charge in [0.15, 0.2) is 6.61 Å². The Morgan fingerprint density at radius 3 is 2.64 bits per heavy atom. The Morgan fingerprint density at radius 2 is 1.92 bits per heavy atom. The van der Waals surface area contributed by atoms with Gasteiger partial charge in [-0.25, -0.2) is 4.79 Å². The van der Waals surface area contributed by atoms with Crippen LogP contribution in [0.3, 0.4) is 0 Å². The van der Waals surface area contributed by atoms with Crippen molar-refractivity contribution in [2.75, 3.05) is 19.0 Å².